The van der Waals surface area contributed by atoms with Crippen molar-refractivity contribution in [2.24, 2.45) is 5.92 Å². The Hall–Kier alpha value is -2.94. The van der Waals surface area contributed by atoms with E-state index < -0.39 is 0 Å². The standard InChI is InChI=1S/C23H28N6O2S/c1-2-31-18-6-7-19-20(15-18)32-23(26-19)29-10-3-5-17(16-29)21(30)27-11-13-28(14-12-27)22-24-8-4-9-25-22/h4,6-9,15,17H,2-3,5,10-14,16H2,1H3. The maximum absolute atomic E-state index is 13.3. The molecule has 2 aliphatic rings. The molecule has 1 amide bonds. The first-order chi connectivity index (χ1) is 15.7. The lowest BCUT2D eigenvalue weighted by Crippen LogP contribution is -2.53. The van der Waals surface area contributed by atoms with E-state index >= 15 is 0 Å². The third kappa shape index (κ3) is 4.34. The van der Waals surface area contributed by atoms with Crippen LogP contribution < -0.4 is 14.5 Å². The zero-order valence-corrected chi connectivity index (χ0v) is 19.1. The van der Waals surface area contributed by atoms with Gasteiger partial charge >= 0.3 is 0 Å². The summed E-state index contributed by atoms with van der Waals surface area (Å²) < 4.78 is 6.75. The molecule has 1 aromatic carbocycles. The Labute approximate surface area is 191 Å². The Balaban J connectivity index is 1.22. The Morgan fingerprint density at radius 3 is 2.72 bits per heavy atom. The van der Waals surface area contributed by atoms with Crippen LogP contribution in [0.5, 0.6) is 5.75 Å². The molecule has 3 aromatic rings. The summed E-state index contributed by atoms with van der Waals surface area (Å²) in [6, 6.07) is 7.87. The number of hydrogen-bond donors (Lipinski definition) is 0. The lowest BCUT2D eigenvalue weighted by Gasteiger charge is -2.39. The molecule has 1 atom stereocenters. The van der Waals surface area contributed by atoms with E-state index in [0.717, 1.165) is 79.2 Å². The molecule has 0 aliphatic carbocycles. The molecule has 2 saturated heterocycles. The number of thiazole rings is 1. The SMILES string of the molecule is CCOc1ccc2nc(N3CCCC(C(=O)N4CCN(c5ncccn5)CC4)C3)sc2c1. The van der Waals surface area contributed by atoms with Gasteiger partial charge in [-0.05, 0) is 44.0 Å². The molecular weight excluding hydrogens is 424 g/mol. The largest absolute Gasteiger partial charge is 0.494 e. The fourth-order valence-corrected chi connectivity index (χ4v) is 5.51. The van der Waals surface area contributed by atoms with Gasteiger partial charge in [-0.2, -0.15) is 0 Å². The van der Waals surface area contributed by atoms with E-state index in [0.29, 0.717) is 6.61 Å². The van der Waals surface area contributed by atoms with Crippen molar-refractivity contribution in [1.82, 2.24) is 19.9 Å². The van der Waals surface area contributed by atoms with Crippen molar-refractivity contribution in [3.8, 4) is 5.75 Å². The second-order valence-electron chi connectivity index (χ2n) is 8.21. The Morgan fingerprint density at radius 2 is 1.94 bits per heavy atom. The van der Waals surface area contributed by atoms with Crippen LogP contribution in [0.2, 0.25) is 0 Å². The predicted octanol–water partition coefficient (Wildman–Crippen LogP) is 3.05. The monoisotopic (exact) mass is 452 g/mol. The Kier molecular flexibility index (Phi) is 6.07. The molecule has 0 radical (unpaired) electrons. The van der Waals surface area contributed by atoms with E-state index in [2.05, 4.69) is 25.8 Å². The maximum Gasteiger partial charge on any atom is 0.227 e. The number of piperazine rings is 1. The Morgan fingerprint density at radius 1 is 1.12 bits per heavy atom. The first-order valence-corrected chi connectivity index (χ1v) is 12.1. The van der Waals surface area contributed by atoms with Crippen LogP contribution in [-0.4, -0.2) is 71.6 Å². The number of fused-ring (bicyclic) bond motifs is 1. The van der Waals surface area contributed by atoms with Gasteiger partial charge in [0.05, 0.1) is 22.7 Å². The van der Waals surface area contributed by atoms with Crippen LogP contribution in [0.1, 0.15) is 19.8 Å². The summed E-state index contributed by atoms with van der Waals surface area (Å²) in [5, 5.41) is 0.997. The molecule has 2 aromatic heterocycles. The summed E-state index contributed by atoms with van der Waals surface area (Å²) >= 11 is 1.68. The number of anilines is 2. The van der Waals surface area contributed by atoms with Crippen LogP contribution in [0.3, 0.4) is 0 Å². The smallest absolute Gasteiger partial charge is 0.227 e. The highest BCUT2D eigenvalue weighted by atomic mass is 32.1. The number of ether oxygens (including phenoxy) is 1. The molecule has 0 N–H and O–H groups in total. The first-order valence-electron chi connectivity index (χ1n) is 11.3. The third-order valence-corrected chi connectivity index (χ3v) is 7.21. The topological polar surface area (TPSA) is 74.7 Å². The third-order valence-electron chi connectivity index (χ3n) is 6.13. The van der Waals surface area contributed by atoms with Crippen LogP contribution in [0, 0.1) is 5.92 Å². The van der Waals surface area contributed by atoms with Crippen molar-refractivity contribution in [2.75, 3.05) is 55.7 Å². The van der Waals surface area contributed by atoms with E-state index in [-0.39, 0.29) is 11.8 Å². The van der Waals surface area contributed by atoms with Crippen molar-refractivity contribution in [1.29, 1.82) is 0 Å². The molecule has 2 fully saturated rings. The molecule has 32 heavy (non-hydrogen) atoms. The second-order valence-corrected chi connectivity index (χ2v) is 9.21. The average Bonchev–Trinajstić information content (AvgIpc) is 3.28. The number of nitrogens with zero attached hydrogens (tertiary/aromatic N) is 6. The first kappa shape index (κ1) is 20.9. The number of benzene rings is 1. The fourth-order valence-electron chi connectivity index (χ4n) is 4.48. The zero-order valence-electron chi connectivity index (χ0n) is 18.3. The van der Waals surface area contributed by atoms with Crippen molar-refractivity contribution in [3.05, 3.63) is 36.7 Å². The van der Waals surface area contributed by atoms with Gasteiger partial charge in [-0.25, -0.2) is 15.0 Å². The summed E-state index contributed by atoms with van der Waals surface area (Å²) in [5.41, 5.74) is 0.987. The molecule has 9 heteroatoms. The number of carbonyl (C=O) groups is 1. The summed E-state index contributed by atoms with van der Waals surface area (Å²) in [6.45, 7) is 7.30. The van der Waals surface area contributed by atoms with Gasteiger partial charge in [0, 0.05) is 51.7 Å². The zero-order chi connectivity index (χ0) is 21.9. The van der Waals surface area contributed by atoms with E-state index in [1.807, 2.05) is 30.0 Å². The summed E-state index contributed by atoms with van der Waals surface area (Å²) in [4.78, 5) is 33.2. The van der Waals surface area contributed by atoms with Crippen molar-refractivity contribution >= 4 is 38.5 Å². The molecule has 5 rings (SSSR count). The van der Waals surface area contributed by atoms with Gasteiger partial charge in [-0.15, -0.1) is 0 Å². The van der Waals surface area contributed by atoms with Gasteiger partial charge < -0.3 is 19.4 Å². The van der Waals surface area contributed by atoms with Crippen LogP contribution in [-0.2, 0) is 4.79 Å². The average molecular weight is 453 g/mol. The number of aromatic nitrogens is 3. The van der Waals surface area contributed by atoms with Crippen molar-refractivity contribution in [2.45, 2.75) is 19.8 Å². The van der Waals surface area contributed by atoms with Crippen molar-refractivity contribution < 1.29 is 9.53 Å². The molecule has 0 saturated carbocycles. The maximum atomic E-state index is 13.3. The minimum Gasteiger partial charge on any atom is -0.494 e. The molecule has 0 spiro atoms. The van der Waals surface area contributed by atoms with Gasteiger partial charge in [-0.1, -0.05) is 11.3 Å². The lowest BCUT2D eigenvalue weighted by molar-refractivity contribution is -0.136. The number of amides is 1. The van der Waals surface area contributed by atoms with Gasteiger partial charge in [0.15, 0.2) is 5.13 Å². The minimum atomic E-state index is 0.0225. The van der Waals surface area contributed by atoms with Crippen LogP contribution in [0.4, 0.5) is 11.1 Å². The van der Waals surface area contributed by atoms with Gasteiger partial charge in [0.1, 0.15) is 5.75 Å². The number of hydrogen-bond acceptors (Lipinski definition) is 8. The molecule has 4 heterocycles. The summed E-state index contributed by atoms with van der Waals surface area (Å²) in [6.07, 6.45) is 5.47. The number of rotatable bonds is 5. The minimum absolute atomic E-state index is 0.0225. The van der Waals surface area contributed by atoms with Crippen LogP contribution >= 0.6 is 11.3 Å². The second kappa shape index (κ2) is 9.28. The van der Waals surface area contributed by atoms with Gasteiger partial charge in [0.25, 0.3) is 0 Å². The summed E-state index contributed by atoms with van der Waals surface area (Å²) in [5.74, 6) is 1.91. The normalized spacial score (nSPS) is 19.4. The molecule has 168 valence electrons. The Bertz CT molecular complexity index is 1070. The number of carbonyl (C=O) groups excluding carboxylic acids is 1. The number of piperidine rings is 1. The highest BCUT2D eigenvalue weighted by Gasteiger charge is 2.32. The predicted molar refractivity (Wildman–Crippen MR) is 127 cm³/mol. The van der Waals surface area contributed by atoms with E-state index in [4.69, 9.17) is 9.72 Å². The van der Waals surface area contributed by atoms with E-state index in [9.17, 15) is 4.79 Å². The molecular formula is C23H28N6O2S. The molecule has 8 nitrogen and oxygen atoms in total. The van der Waals surface area contributed by atoms with Crippen molar-refractivity contribution in [3.63, 3.8) is 0 Å². The van der Waals surface area contributed by atoms with Gasteiger partial charge in [-0.3, -0.25) is 4.79 Å². The molecule has 2 aliphatic heterocycles. The van der Waals surface area contributed by atoms with E-state index in [1.54, 1.807) is 23.7 Å². The molecule has 1 unspecified atom stereocenters. The van der Waals surface area contributed by atoms with Gasteiger partial charge in [0.2, 0.25) is 11.9 Å². The highest BCUT2D eigenvalue weighted by Crippen LogP contribution is 2.34. The lowest BCUT2D eigenvalue weighted by atomic mass is 9.96. The van der Waals surface area contributed by atoms with Crippen LogP contribution in [0.25, 0.3) is 10.2 Å². The quantitative estimate of drug-likeness (QED) is 0.589. The highest BCUT2D eigenvalue weighted by molar-refractivity contribution is 7.22. The fraction of sp³-hybridized carbons (Fsp3) is 0.478. The molecule has 0 bridgehead atoms. The summed E-state index contributed by atoms with van der Waals surface area (Å²) in [7, 11) is 0. The van der Waals surface area contributed by atoms with E-state index in [1.165, 1.54) is 0 Å². The van der Waals surface area contributed by atoms with Crippen LogP contribution in [0.15, 0.2) is 36.7 Å².